The molecule has 4 bridgehead atoms. The summed E-state index contributed by atoms with van der Waals surface area (Å²) in [6.07, 6.45) is -12.0. The van der Waals surface area contributed by atoms with Crippen LogP contribution in [0.4, 0.5) is 14.6 Å². The molecule has 2 unspecified atom stereocenters. The van der Waals surface area contributed by atoms with Gasteiger partial charge in [-0.2, -0.15) is 0 Å². The Bertz CT molecular complexity index is 2600. The van der Waals surface area contributed by atoms with Gasteiger partial charge in [0.2, 0.25) is 0 Å². The highest BCUT2D eigenvalue weighted by Gasteiger charge is 2.55. The number of hydrogen-bond donors (Lipinski definition) is 3. The number of esters is 1. The second kappa shape index (κ2) is 16.9. The summed E-state index contributed by atoms with van der Waals surface area (Å²) in [5.74, 6) is -0.0770. The standard InChI is InChI=1S/C34H33F2N7O14P2S/c1-50-19-8-4-18(5-9-19)33(45)53-20-6-2-17(3-7-20)14-60-59(49)52-13-22-24(35)27(32(55-22)43-16-40-26-29(37)38-15-39-30(26)43)56-58(47,48)51-12-21-25(36)28(57-59)31(54-21)42-11-10-23(44)41-34(42)46/h2-11,15-16,21-22,24-25,27-28,31-32H,12-14H2,1H3,(H,47,48)(H2,37,38,39)(H,41,44,46)/t21-,22-,24-,25-,27-,28-,31-,32-,59?/m1/s1. The molecule has 4 N–H and O–H groups in total. The van der Waals surface area contributed by atoms with Crippen molar-refractivity contribution in [3.05, 3.63) is 105 Å². The zero-order valence-corrected chi connectivity index (χ0v) is 33.4. The minimum atomic E-state index is -5.27. The summed E-state index contributed by atoms with van der Waals surface area (Å²) < 4.78 is 107. The van der Waals surface area contributed by atoms with Gasteiger partial charge in [0, 0.05) is 18.0 Å². The summed E-state index contributed by atoms with van der Waals surface area (Å²) in [6.45, 7) is -6.57. The monoisotopic (exact) mass is 895 g/mol. The molecule has 3 aliphatic heterocycles. The third-order valence-electron chi connectivity index (χ3n) is 9.47. The molecule has 3 saturated heterocycles. The number of phosphoric acid groups is 1. The number of ether oxygens (including phenoxy) is 4. The first kappa shape index (κ1) is 41.8. The fraction of sp³-hybridized carbons (Fsp3) is 0.353. The number of carbonyl (C=O) groups is 1. The number of anilines is 1. The van der Waals surface area contributed by atoms with Crippen molar-refractivity contribution in [2.24, 2.45) is 0 Å². The van der Waals surface area contributed by atoms with Gasteiger partial charge in [-0.1, -0.05) is 12.1 Å². The van der Waals surface area contributed by atoms with Crippen LogP contribution >= 0.6 is 26.0 Å². The molecule has 60 heavy (non-hydrogen) atoms. The minimum Gasteiger partial charge on any atom is -0.497 e. The SMILES string of the molecule is COc1ccc(C(=O)Oc2ccc(CSP3(=O)OC[C@H]4O[C@@H](n5cnc6c(N)ncnc65)[C@H](OP(=O)(O)OC[C@H]5O[C@@H](n6ccc(=O)[nH]c6=O)[C@H](O3)[C@@H]5F)[C@@H]4F)cc2)cc1. The topological polar surface area (TPSA) is 270 Å². The molecule has 3 fully saturated rings. The fourth-order valence-electron chi connectivity index (χ4n) is 6.48. The predicted molar refractivity (Wildman–Crippen MR) is 203 cm³/mol. The number of nitrogens with two attached hydrogens (primary N) is 1. The van der Waals surface area contributed by atoms with E-state index < -0.39 is 94.3 Å². The number of aromatic nitrogens is 6. The van der Waals surface area contributed by atoms with Crippen molar-refractivity contribution in [1.82, 2.24) is 29.1 Å². The number of phosphoric ester groups is 1. The zero-order valence-electron chi connectivity index (χ0n) is 30.8. The highest BCUT2D eigenvalue weighted by atomic mass is 32.7. The van der Waals surface area contributed by atoms with E-state index in [1.807, 2.05) is 4.98 Å². The molecule has 6 heterocycles. The van der Waals surface area contributed by atoms with Gasteiger partial charge in [0.05, 0.1) is 32.2 Å². The van der Waals surface area contributed by atoms with Gasteiger partial charge >= 0.3 is 26.3 Å². The molecule has 8 rings (SSSR count). The number of carbonyl (C=O) groups excluding carboxylic acids is 1. The molecule has 318 valence electrons. The van der Waals surface area contributed by atoms with Gasteiger partial charge in [0.25, 0.3) is 5.56 Å². The van der Waals surface area contributed by atoms with Crippen LogP contribution in [0.3, 0.4) is 0 Å². The number of alkyl halides is 2. The molecule has 26 heteroatoms. The number of fused-ring (bicyclic) bond motifs is 5. The van der Waals surface area contributed by atoms with Crippen molar-refractivity contribution >= 4 is 49.0 Å². The maximum atomic E-state index is 16.4. The minimum absolute atomic E-state index is 0.0296. The predicted octanol–water partition coefficient (Wildman–Crippen LogP) is 3.62. The number of nitrogens with zero attached hydrogens (tertiary/aromatic N) is 5. The lowest BCUT2D eigenvalue weighted by atomic mass is 10.1. The zero-order chi connectivity index (χ0) is 42.3. The molecule has 0 radical (unpaired) electrons. The van der Waals surface area contributed by atoms with Gasteiger partial charge in [0.1, 0.15) is 47.8 Å². The van der Waals surface area contributed by atoms with Gasteiger partial charge in [-0.25, -0.2) is 42.5 Å². The Kier molecular flexibility index (Phi) is 11.8. The second-order valence-corrected chi connectivity index (χ2v) is 18.7. The number of halogens is 2. The van der Waals surface area contributed by atoms with E-state index in [1.165, 1.54) is 42.3 Å². The number of methoxy groups -OCH3 is 1. The van der Waals surface area contributed by atoms with E-state index in [0.29, 0.717) is 22.7 Å². The Balaban J connectivity index is 1.08. The van der Waals surface area contributed by atoms with Crippen molar-refractivity contribution < 1.29 is 64.6 Å². The largest absolute Gasteiger partial charge is 0.497 e. The first-order chi connectivity index (χ1) is 28.7. The molecule has 3 aromatic heterocycles. The Morgan fingerprint density at radius 1 is 0.917 bits per heavy atom. The van der Waals surface area contributed by atoms with Crippen LogP contribution in [0, 0.1) is 0 Å². The lowest BCUT2D eigenvalue weighted by Gasteiger charge is -2.27. The Hall–Kier alpha value is -4.87. The number of imidazole rings is 1. The molecule has 5 aromatic rings. The Labute approximate surface area is 339 Å². The Morgan fingerprint density at radius 3 is 2.25 bits per heavy atom. The van der Waals surface area contributed by atoms with Gasteiger partial charge < -0.3 is 29.6 Å². The van der Waals surface area contributed by atoms with Crippen molar-refractivity contribution in [1.29, 1.82) is 0 Å². The Morgan fingerprint density at radius 2 is 1.57 bits per heavy atom. The van der Waals surface area contributed by atoms with Gasteiger partial charge in [-0.3, -0.25) is 37.0 Å². The van der Waals surface area contributed by atoms with Crippen LogP contribution < -0.4 is 26.5 Å². The van der Waals surface area contributed by atoms with Crippen LogP contribution in [-0.4, -0.2) is 97.0 Å². The summed E-state index contributed by atoms with van der Waals surface area (Å²) in [5, 5.41) is 0. The lowest BCUT2D eigenvalue weighted by Crippen LogP contribution is -2.38. The quantitative estimate of drug-likeness (QED) is 0.114. The molecule has 3 aliphatic rings. The highest BCUT2D eigenvalue weighted by Crippen LogP contribution is 2.65. The van der Waals surface area contributed by atoms with Crippen molar-refractivity contribution in [2.45, 2.75) is 55.0 Å². The van der Waals surface area contributed by atoms with E-state index in [2.05, 4.69) is 15.0 Å². The van der Waals surface area contributed by atoms with Crippen molar-refractivity contribution in [3.63, 3.8) is 0 Å². The first-order valence-electron chi connectivity index (χ1n) is 17.7. The van der Waals surface area contributed by atoms with E-state index in [4.69, 9.17) is 42.8 Å². The van der Waals surface area contributed by atoms with Crippen LogP contribution in [0.1, 0.15) is 28.4 Å². The second-order valence-electron chi connectivity index (χ2n) is 13.3. The van der Waals surface area contributed by atoms with Crippen LogP contribution in [0.25, 0.3) is 11.2 Å². The molecule has 0 saturated carbocycles. The van der Waals surface area contributed by atoms with E-state index in [9.17, 15) is 28.4 Å². The van der Waals surface area contributed by atoms with Crippen LogP contribution in [0.5, 0.6) is 11.5 Å². The third-order valence-corrected chi connectivity index (χ3v) is 14.1. The molecular formula is C34H33F2N7O14P2S. The van der Waals surface area contributed by atoms with Crippen molar-refractivity contribution in [2.75, 3.05) is 26.1 Å². The molecule has 0 spiro atoms. The fourth-order valence-corrected chi connectivity index (χ4v) is 10.8. The normalized spacial score (nSPS) is 30.8. The van der Waals surface area contributed by atoms with E-state index in [1.54, 1.807) is 24.3 Å². The smallest absolute Gasteiger partial charge is 0.472 e. The van der Waals surface area contributed by atoms with Crippen LogP contribution in [0.15, 0.2) is 83.0 Å². The number of benzene rings is 2. The summed E-state index contributed by atoms with van der Waals surface area (Å²) in [4.78, 5) is 62.3. The molecule has 21 nitrogen and oxygen atoms in total. The van der Waals surface area contributed by atoms with Crippen LogP contribution in [-0.2, 0) is 42.5 Å². The number of nitrogens with one attached hydrogen (secondary N) is 1. The molecule has 2 aromatic carbocycles. The first-order valence-corrected chi connectivity index (χ1v) is 22.4. The number of H-pyrrole nitrogens is 1. The average molecular weight is 896 g/mol. The summed E-state index contributed by atoms with van der Waals surface area (Å²) in [7, 11) is -3.78. The maximum absolute atomic E-state index is 16.4. The third kappa shape index (κ3) is 8.66. The summed E-state index contributed by atoms with van der Waals surface area (Å²) in [6, 6.07) is 13.3. The number of aromatic amines is 1. The molecule has 0 aliphatic carbocycles. The van der Waals surface area contributed by atoms with Gasteiger partial charge in [-0.15, -0.1) is 0 Å². The van der Waals surface area contributed by atoms with E-state index >= 15 is 8.78 Å². The molecular weight excluding hydrogens is 862 g/mol. The average Bonchev–Trinajstić information content (AvgIpc) is 3.89. The number of rotatable bonds is 8. The summed E-state index contributed by atoms with van der Waals surface area (Å²) in [5.41, 5.74) is 4.96. The van der Waals surface area contributed by atoms with Crippen molar-refractivity contribution in [3.8, 4) is 11.5 Å². The number of nitrogen functional groups attached to an aromatic ring is 1. The summed E-state index contributed by atoms with van der Waals surface area (Å²) >= 11 is 0.559. The van der Waals surface area contributed by atoms with E-state index in [0.717, 1.165) is 23.2 Å². The lowest BCUT2D eigenvalue weighted by molar-refractivity contribution is -0.0648. The van der Waals surface area contributed by atoms with Crippen LogP contribution in [0.2, 0.25) is 0 Å². The molecule has 10 atom stereocenters. The highest BCUT2D eigenvalue weighted by molar-refractivity contribution is 8.54. The van der Waals surface area contributed by atoms with Gasteiger partial charge in [0.15, 0.2) is 36.3 Å². The van der Waals surface area contributed by atoms with Gasteiger partial charge in [-0.05, 0) is 53.3 Å². The maximum Gasteiger partial charge on any atom is 0.472 e. The number of hydrogen-bond acceptors (Lipinski definition) is 18. The molecule has 0 amide bonds. The van der Waals surface area contributed by atoms with E-state index in [-0.39, 0.29) is 34.0 Å².